The second-order valence-corrected chi connectivity index (χ2v) is 8.19. The van der Waals surface area contributed by atoms with E-state index in [2.05, 4.69) is 5.32 Å². The van der Waals surface area contributed by atoms with E-state index < -0.39 is 15.9 Å². The summed E-state index contributed by atoms with van der Waals surface area (Å²) in [6.07, 6.45) is 0. The molecule has 0 heterocycles. The summed E-state index contributed by atoms with van der Waals surface area (Å²) in [5, 5.41) is 2.71. The van der Waals surface area contributed by atoms with Gasteiger partial charge in [0.2, 0.25) is 15.9 Å². The average Bonchev–Trinajstić information content (AvgIpc) is 2.64. The Hall–Kier alpha value is -2.58. The first-order chi connectivity index (χ1) is 13.3. The molecule has 2 aromatic carbocycles. The monoisotopic (exact) mass is 406 g/mol. The van der Waals surface area contributed by atoms with E-state index in [1.165, 1.54) is 19.2 Å². The number of sulfonamides is 1. The van der Waals surface area contributed by atoms with E-state index in [0.717, 1.165) is 9.87 Å². The lowest BCUT2D eigenvalue weighted by atomic mass is 10.2. The van der Waals surface area contributed by atoms with Crippen molar-refractivity contribution in [2.24, 2.45) is 0 Å². The standard InChI is InChI=1S/C20H26N2O5S/c1-5-26-16-9-12-19(27-6-2)18(13-16)21-20(23)14-22(4)28(24,25)17-10-7-15(3)8-11-17/h7-13H,5-6,14H2,1-4H3,(H,21,23). The summed E-state index contributed by atoms with van der Waals surface area (Å²) in [6, 6.07) is 11.6. The van der Waals surface area contributed by atoms with Gasteiger partial charge >= 0.3 is 0 Å². The number of hydrogen-bond acceptors (Lipinski definition) is 5. The Morgan fingerprint density at radius 3 is 2.29 bits per heavy atom. The molecule has 7 nitrogen and oxygen atoms in total. The summed E-state index contributed by atoms with van der Waals surface area (Å²) < 4.78 is 37.3. The topological polar surface area (TPSA) is 84.9 Å². The molecule has 0 aromatic heterocycles. The molecular formula is C20H26N2O5S. The smallest absolute Gasteiger partial charge is 0.243 e. The van der Waals surface area contributed by atoms with Gasteiger partial charge in [0.05, 0.1) is 30.3 Å². The summed E-state index contributed by atoms with van der Waals surface area (Å²) in [4.78, 5) is 12.6. The Labute approximate surface area is 166 Å². The molecule has 0 atom stereocenters. The minimum absolute atomic E-state index is 0.141. The SMILES string of the molecule is CCOc1ccc(OCC)c(NC(=O)CN(C)S(=O)(=O)c2ccc(C)cc2)c1. The first-order valence-electron chi connectivity index (χ1n) is 9.00. The number of aryl methyl sites for hydroxylation is 1. The van der Waals surface area contributed by atoms with Crippen molar-refractivity contribution < 1.29 is 22.7 Å². The zero-order valence-corrected chi connectivity index (χ0v) is 17.4. The predicted octanol–water partition coefficient (Wildman–Crippen LogP) is 3.05. The van der Waals surface area contributed by atoms with Crippen molar-refractivity contribution in [3.8, 4) is 11.5 Å². The Bertz CT molecular complexity index is 911. The predicted molar refractivity (Wildman–Crippen MR) is 108 cm³/mol. The molecule has 0 aliphatic heterocycles. The largest absolute Gasteiger partial charge is 0.494 e. The average molecular weight is 407 g/mol. The Morgan fingerprint density at radius 1 is 1.04 bits per heavy atom. The van der Waals surface area contributed by atoms with Crippen LogP contribution in [0.25, 0.3) is 0 Å². The molecule has 0 aliphatic carbocycles. The minimum Gasteiger partial charge on any atom is -0.494 e. The lowest BCUT2D eigenvalue weighted by Gasteiger charge is -2.18. The molecule has 8 heteroatoms. The number of nitrogens with one attached hydrogen (secondary N) is 1. The lowest BCUT2D eigenvalue weighted by Crippen LogP contribution is -2.35. The van der Waals surface area contributed by atoms with Crippen LogP contribution in [-0.4, -0.2) is 45.4 Å². The van der Waals surface area contributed by atoms with Gasteiger partial charge in [-0.3, -0.25) is 4.79 Å². The van der Waals surface area contributed by atoms with Crippen molar-refractivity contribution in [1.29, 1.82) is 0 Å². The third kappa shape index (κ3) is 5.46. The number of amides is 1. The van der Waals surface area contributed by atoms with Gasteiger partial charge < -0.3 is 14.8 Å². The highest BCUT2D eigenvalue weighted by Gasteiger charge is 2.23. The van der Waals surface area contributed by atoms with Gasteiger partial charge in [0, 0.05) is 13.1 Å². The maximum absolute atomic E-state index is 12.6. The molecule has 28 heavy (non-hydrogen) atoms. The summed E-state index contributed by atoms with van der Waals surface area (Å²) in [6.45, 7) is 6.15. The lowest BCUT2D eigenvalue weighted by molar-refractivity contribution is -0.116. The van der Waals surface area contributed by atoms with Crippen LogP contribution < -0.4 is 14.8 Å². The van der Waals surface area contributed by atoms with E-state index in [0.29, 0.717) is 30.4 Å². The minimum atomic E-state index is -3.76. The van der Waals surface area contributed by atoms with Crippen molar-refractivity contribution in [1.82, 2.24) is 4.31 Å². The molecule has 0 radical (unpaired) electrons. The zero-order chi connectivity index (χ0) is 20.7. The fourth-order valence-electron chi connectivity index (χ4n) is 2.51. The van der Waals surface area contributed by atoms with Gasteiger partial charge in [-0.2, -0.15) is 4.31 Å². The van der Waals surface area contributed by atoms with Gasteiger partial charge in [0.15, 0.2) is 0 Å². The maximum Gasteiger partial charge on any atom is 0.243 e. The number of ether oxygens (including phenoxy) is 2. The highest BCUT2D eigenvalue weighted by Crippen LogP contribution is 2.29. The van der Waals surface area contributed by atoms with Crippen LogP contribution in [-0.2, 0) is 14.8 Å². The third-order valence-electron chi connectivity index (χ3n) is 3.93. The summed E-state index contributed by atoms with van der Waals surface area (Å²) in [7, 11) is -2.39. The molecule has 2 rings (SSSR count). The van der Waals surface area contributed by atoms with E-state index in [9.17, 15) is 13.2 Å². The van der Waals surface area contributed by atoms with Crippen molar-refractivity contribution in [2.75, 3.05) is 32.1 Å². The highest BCUT2D eigenvalue weighted by molar-refractivity contribution is 7.89. The van der Waals surface area contributed by atoms with Gasteiger partial charge in [-0.15, -0.1) is 0 Å². The van der Waals surface area contributed by atoms with Crippen molar-refractivity contribution >= 4 is 21.6 Å². The van der Waals surface area contributed by atoms with Crippen molar-refractivity contribution in [3.05, 3.63) is 48.0 Å². The van der Waals surface area contributed by atoms with Crippen LogP contribution in [0.15, 0.2) is 47.4 Å². The molecule has 1 N–H and O–H groups in total. The van der Waals surface area contributed by atoms with Crippen molar-refractivity contribution in [2.45, 2.75) is 25.7 Å². The molecule has 0 spiro atoms. The van der Waals surface area contributed by atoms with Crippen LogP contribution in [0.2, 0.25) is 0 Å². The van der Waals surface area contributed by atoms with Crippen LogP contribution in [0.1, 0.15) is 19.4 Å². The number of hydrogen-bond donors (Lipinski definition) is 1. The summed E-state index contributed by atoms with van der Waals surface area (Å²) in [5.74, 6) is 0.595. The molecule has 0 aliphatic rings. The molecule has 2 aromatic rings. The first-order valence-corrected chi connectivity index (χ1v) is 10.4. The van der Waals surface area contributed by atoms with Gasteiger partial charge in [0.1, 0.15) is 11.5 Å². The molecule has 152 valence electrons. The van der Waals surface area contributed by atoms with Crippen LogP contribution in [0.4, 0.5) is 5.69 Å². The van der Waals surface area contributed by atoms with Gasteiger partial charge in [-0.05, 0) is 45.0 Å². The van der Waals surface area contributed by atoms with Crippen molar-refractivity contribution in [3.63, 3.8) is 0 Å². The van der Waals surface area contributed by atoms with Crippen LogP contribution >= 0.6 is 0 Å². The molecule has 1 amide bonds. The van der Waals surface area contributed by atoms with E-state index in [-0.39, 0.29) is 11.4 Å². The number of benzene rings is 2. The number of nitrogens with zero attached hydrogens (tertiary/aromatic N) is 1. The van der Waals surface area contributed by atoms with Gasteiger partial charge in [-0.1, -0.05) is 17.7 Å². The number of carbonyl (C=O) groups is 1. The number of likely N-dealkylation sites (N-methyl/N-ethyl adjacent to an activating group) is 1. The summed E-state index contributed by atoms with van der Waals surface area (Å²) >= 11 is 0. The quantitative estimate of drug-likeness (QED) is 0.692. The molecule has 0 saturated heterocycles. The second-order valence-electron chi connectivity index (χ2n) is 6.15. The van der Waals surface area contributed by atoms with Gasteiger partial charge in [0.25, 0.3) is 0 Å². The Kier molecular flexibility index (Phi) is 7.42. The van der Waals surface area contributed by atoms with Crippen LogP contribution in [0.5, 0.6) is 11.5 Å². The number of carbonyl (C=O) groups excluding carboxylic acids is 1. The maximum atomic E-state index is 12.6. The highest BCUT2D eigenvalue weighted by atomic mass is 32.2. The van der Waals surface area contributed by atoms with E-state index >= 15 is 0 Å². The molecular weight excluding hydrogens is 380 g/mol. The fourth-order valence-corrected chi connectivity index (χ4v) is 3.64. The van der Waals surface area contributed by atoms with Gasteiger partial charge in [-0.25, -0.2) is 8.42 Å². The second kappa shape index (κ2) is 9.57. The Balaban J connectivity index is 2.14. The van der Waals surface area contributed by atoms with E-state index in [4.69, 9.17) is 9.47 Å². The van der Waals surface area contributed by atoms with Crippen LogP contribution in [0, 0.1) is 6.92 Å². The zero-order valence-electron chi connectivity index (χ0n) is 16.6. The summed E-state index contributed by atoms with van der Waals surface area (Å²) in [5.41, 5.74) is 1.39. The fraction of sp³-hybridized carbons (Fsp3) is 0.350. The molecule has 0 unspecified atom stereocenters. The Morgan fingerprint density at radius 2 is 1.68 bits per heavy atom. The number of anilines is 1. The van der Waals surface area contributed by atoms with E-state index in [1.807, 2.05) is 20.8 Å². The molecule has 0 saturated carbocycles. The molecule has 0 fully saturated rings. The van der Waals surface area contributed by atoms with E-state index in [1.54, 1.807) is 30.3 Å². The number of rotatable bonds is 9. The molecule has 0 bridgehead atoms. The first kappa shape index (κ1) is 21.7. The van der Waals surface area contributed by atoms with Crippen LogP contribution in [0.3, 0.4) is 0 Å². The third-order valence-corrected chi connectivity index (χ3v) is 5.75. The normalized spacial score (nSPS) is 11.3.